The number of piperidine rings is 1. The second kappa shape index (κ2) is 10.5. The number of allylic oxidation sites excluding steroid dienone is 4. The molecule has 1 aliphatic rings. The Bertz CT molecular complexity index is 956. The maximum Gasteiger partial charge on any atom is 0.227 e. The number of likely N-dealkylation sites (tertiary alicyclic amines) is 1. The molecule has 2 aromatic rings. The summed E-state index contributed by atoms with van der Waals surface area (Å²) in [4.78, 5) is 26.9. The van der Waals surface area contributed by atoms with Crippen LogP contribution in [0.25, 0.3) is 5.57 Å². The molecule has 1 heterocycles. The molecular weight excluding hydrogens is 445 g/mol. The van der Waals surface area contributed by atoms with Gasteiger partial charge in [-0.15, -0.1) is 0 Å². The third-order valence-corrected chi connectivity index (χ3v) is 5.85. The van der Waals surface area contributed by atoms with Crippen molar-refractivity contribution in [2.24, 2.45) is 5.92 Å². The van der Waals surface area contributed by atoms with Gasteiger partial charge in [0, 0.05) is 19.0 Å². The summed E-state index contributed by atoms with van der Waals surface area (Å²) in [7, 11) is 0. The van der Waals surface area contributed by atoms with Crippen molar-refractivity contribution in [3.8, 4) is 0 Å². The van der Waals surface area contributed by atoms with E-state index in [1.807, 2.05) is 43.3 Å². The summed E-state index contributed by atoms with van der Waals surface area (Å²) < 4.78 is 14.7. The van der Waals surface area contributed by atoms with E-state index in [1.54, 1.807) is 29.2 Å². The van der Waals surface area contributed by atoms with Crippen molar-refractivity contribution >= 4 is 33.2 Å². The maximum atomic E-state index is 13.8. The van der Waals surface area contributed by atoms with Gasteiger partial charge in [0.15, 0.2) is 5.78 Å². The normalized spacial score (nSPS) is 15.9. The Balaban J connectivity index is 1.56. The lowest BCUT2D eigenvalue weighted by molar-refractivity contribution is -0.133. The van der Waals surface area contributed by atoms with E-state index >= 15 is 0 Å². The second-order valence-electron chi connectivity index (χ2n) is 7.47. The van der Waals surface area contributed by atoms with E-state index in [4.69, 9.17) is 0 Å². The molecule has 0 unspecified atom stereocenters. The average molecular weight is 470 g/mol. The lowest BCUT2D eigenvalue weighted by atomic mass is 9.91. The summed E-state index contributed by atoms with van der Waals surface area (Å²) in [5, 5.41) is 0. The Morgan fingerprint density at radius 2 is 1.67 bits per heavy atom. The van der Waals surface area contributed by atoms with Gasteiger partial charge >= 0.3 is 0 Å². The van der Waals surface area contributed by atoms with E-state index in [-0.39, 0.29) is 29.8 Å². The molecule has 3 rings (SSSR count). The van der Waals surface area contributed by atoms with Gasteiger partial charge in [-0.25, -0.2) is 4.39 Å². The zero-order chi connectivity index (χ0) is 21.5. The molecule has 30 heavy (non-hydrogen) atoms. The maximum absolute atomic E-state index is 13.8. The molecule has 0 aliphatic carbocycles. The van der Waals surface area contributed by atoms with Crippen LogP contribution >= 0.6 is 15.9 Å². The Morgan fingerprint density at radius 3 is 2.30 bits per heavy atom. The van der Waals surface area contributed by atoms with Gasteiger partial charge in [0.1, 0.15) is 5.82 Å². The number of hydrogen-bond acceptors (Lipinski definition) is 2. The van der Waals surface area contributed by atoms with Crippen LogP contribution in [-0.2, 0) is 16.0 Å². The quantitative estimate of drug-likeness (QED) is 0.410. The number of carbonyl (C=O) groups excluding carboxylic acids is 2. The molecule has 0 atom stereocenters. The molecule has 1 saturated heterocycles. The lowest BCUT2D eigenvalue weighted by Crippen LogP contribution is -2.40. The number of benzene rings is 2. The molecule has 0 saturated carbocycles. The number of ketones is 1. The zero-order valence-corrected chi connectivity index (χ0v) is 18.6. The van der Waals surface area contributed by atoms with E-state index in [1.165, 1.54) is 6.07 Å². The largest absolute Gasteiger partial charge is 0.342 e. The monoisotopic (exact) mass is 469 g/mol. The molecule has 0 N–H and O–H groups in total. The van der Waals surface area contributed by atoms with Crippen LogP contribution in [0.4, 0.5) is 4.39 Å². The van der Waals surface area contributed by atoms with Crippen LogP contribution in [0.2, 0.25) is 0 Å². The average Bonchev–Trinajstić information content (AvgIpc) is 2.76. The van der Waals surface area contributed by atoms with Crippen LogP contribution < -0.4 is 0 Å². The smallest absolute Gasteiger partial charge is 0.227 e. The molecule has 1 amide bonds. The highest BCUT2D eigenvalue weighted by Crippen LogP contribution is 2.25. The number of amides is 1. The first kappa shape index (κ1) is 22.2. The highest BCUT2D eigenvalue weighted by Gasteiger charge is 2.26. The number of carbonyl (C=O) groups is 2. The minimum Gasteiger partial charge on any atom is -0.342 e. The van der Waals surface area contributed by atoms with Crippen LogP contribution in [0, 0.1) is 11.7 Å². The molecule has 0 aromatic heterocycles. The summed E-state index contributed by atoms with van der Waals surface area (Å²) >= 11 is 3.53. The molecule has 1 fully saturated rings. The highest BCUT2D eigenvalue weighted by molar-refractivity contribution is 9.11. The van der Waals surface area contributed by atoms with Crippen molar-refractivity contribution in [2.45, 2.75) is 26.2 Å². The topological polar surface area (TPSA) is 37.4 Å². The standard InChI is InChI=1S/C25H25BrFNO2/c1-18(26)22(19-7-3-2-4-8-19)11-12-24(29)20-13-15-28(16-14-20)25(30)17-21-9-5-6-10-23(21)27/h2-12,20H,13-17H2,1H3. The molecule has 0 spiro atoms. The molecular formula is C25H25BrFNO2. The first-order valence-corrected chi connectivity index (χ1v) is 10.9. The number of halogens is 2. The van der Waals surface area contributed by atoms with Gasteiger partial charge in [0.2, 0.25) is 5.91 Å². The summed E-state index contributed by atoms with van der Waals surface area (Å²) in [6.07, 6.45) is 4.82. The van der Waals surface area contributed by atoms with Gasteiger partial charge < -0.3 is 4.90 Å². The van der Waals surface area contributed by atoms with E-state index in [9.17, 15) is 14.0 Å². The third kappa shape index (κ3) is 5.76. The second-order valence-corrected chi connectivity index (χ2v) is 8.66. The fourth-order valence-electron chi connectivity index (χ4n) is 3.66. The van der Waals surface area contributed by atoms with E-state index < -0.39 is 0 Å². The first-order chi connectivity index (χ1) is 14.5. The fraction of sp³-hybridized carbons (Fsp3) is 0.280. The summed E-state index contributed by atoms with van der Waals surface area (Å²) in [5.74, 6) is -0.457. The molecule has 2 aromatic carbocycles. The molecule has 1 aliphatic heterocycles. The van der Waals surface area contributed by atoms with Crippen LogP contribution in [-0.4, -0.2) is 29.7 Å². The predicted octanol–water partition coefficient (Wildman–Crippen LogP) is 5.56. The van der Waals surface area contributed by atoms with Crippen molar-refractivity contribution in [2.75, 3.05) is 13.1 Å². The van der Waals surface area contributed by atoms with E-state index in [2.05, 4.69) is 15.9 Å². The van der Waals surface area contributed by atoms with Crippen molar-refractivity contribution < 1.29 is 14.0 Å². The summed E-state index contributed by atoms with van der Waals surface area (Å²) in [6, 6.07) is 16.3. The van der Waals surface area contributed by atoms with Crippen LogP contribution in [0.1, 0.15) is 30.9 Å². The highest BCUT2D eigenvalue weighted by atomic mass is 79.9. The Hall–Kier alpha value is -2.53. The van der Waals surface area contributed by atoms with Gasteiger partial charge in [0.25, 0.3) is 0 Å². The minimum atomic E-state index is -0.356. The fourth-order valence-corrected chi connectivity index (χ4v) is 4.02. The molecule has 5 heteroatoms. The molecule has 0 bridgehead atoms. The number of nitrogens with zero attached hydrogens (tertiary/aromatic N) is 1. The molecule has 0 radical (unpaired) electrons. The van der Waals surface area contributed by atoms with Crippen molar-refractivity contribution in [1.82, 2.24) is 4.90 Å². The third-order valence-electron chi connectivity index (χ3n) is 5.42. The van der Waals surface area contributed by atoms with E-state index in [0.29, 0.717) is 31.5 Å². The summed E-state index contributed by atoms with van der Waals surface area (Å²) in [5.41, 5.74) is 2.43. The van der Waals surface area contributed by atoms with E-state index in [0.717, 1.165) is 15.6 Å². The Morgan fingerprint density at radius 1 is 1.03 bits per heavy atom. The number of hydrogen-bond donors (Lipinski definition) is 0. The predicted molar refractivity (Wildman–Crippen MR) is 122 cm³/mol. The van der Waals surface area contributed by atoms with Crippen LogP contribution in [0.3, 0.4) is 0 Å². The Kier molecular flexibility index (Phi) is 7.75. The minimum absolute atomic E-state index is 0.0565. The first-order valence-electron chi connectivity index (χ1n) is 10.1. The molecule has 3 nitrogen and oxygen atoms in total. The van der Waals surface area contributed by atoms with Gasteiger partial charge in [-0.05, 0) is 53.1 Å². The van der Waals surface area contributed by atoms with Crippen molar-refractivity contribution in [3.05, 3.63) is 88.2 Å². The SMILES string of the molecule is CC(Br)=C(C=CC(=O)C1CCN(C(=O)Cc2ccccc2F)CC1)c1ccccc1. The van der Waals surface area contributed by atoms with Crippen LogP contribution in [0.5, 0.6) is 0 Å². The van der Waals surface area contributed by atoms with Gasteiger partial charge in [0.05, 0.1) is 6.42 Å². The van der Waals surface area contributed by atoms with Gasteiger partial charge in [-0.3, -0.25) is 9.59 Å². The lowest BCUT2D eigenvalue weighted by Gasteiger charge is -2.31. The zero-order valence-electron chi connectivity index (χ0n) is 17.0. The van der Waals surface area contributed by atoms with Crippen LogP contribution in [0.15, 0.2) is 71.2 Å². The van der Waals surface area contributed by atoms with Crippen molar-refractivity contribution in [3.63, 3.8) is 0 Å². The summed E-state index contributed by atoms with van der Waals surface area (Å²) in [6.45, 7) is 3.00. The van der Waals surface area contributed by atoms with Gasteiger partial charge in [-0.1, -0.05) is 70.5 Å². The van der Waals surface area contributed by atoms with Gasteiger partial charge in [-0.2, -0.15) is 0 Å². The Labute approximate surface area is 185 Å². The number of rotatable bonds is 6. The molecule has 156 valence electrons. The van der Waals surface area contributed by atoms with Crippen molar-refractivity contribution in [1.29, 1.82) is 0 Å².